The van der Waals surface area contributed by atoms with Crippen LogP contribution < -0.4 is 0 Å². The molecule has 0 aliphatic heterocycles. The van der Waals surface area contributed by atoms with Gasteiger partial charge in [-0.3, -0.25) is 0 Å². The Morgan fingerprint density at radius 3 is 2.17 bits per heavy atom. The first-order valence-corrected chi connectivity index (χ1v) is 7.93. The minimum Gasteiger partial charge on any atom is -0.384 e. The Balaban J connectivity index is 1.79. The Labute approximate surface area is 136 Å². The molecule has 0 saturated heterocycles. The van der Waals surface area contributed by atoms with E-state index in [1.54, 1.807) is 0 Å². The highest BCUT2D eigenvalue weighted by atomic mass is 16.3. The number of aliphatic hydroxyl groups is 1. The van der Waals surface area contributed by atoms with Crippen LogP contribution in [0.1, 0.15) is 39.8 Å². The molecule has 1 aliphatic rings. The van der Waals surface area contributed by atoms with Crippen LogP contribution in [-0.2, 0) is 0 Å². The molecule has 112 valence electrons. The van der Waals surface area contributed by atoms with Crippen molar-refractivity contribution in [2.24, 2.45) is 0 Å². The van der Waals surface area contributed by atoms with Gasteiger partial charge < -0.3 is 5.11 Å². The van der Waals surface area contributed by atoms with E-state index in [9.17, 15) is 5.11 Å². The summed E-state index contributed by atoms with van der Waals surface area (Å²) in [7, 11) is 0. The number of allylic oxidation sites excluding steroid dienone is 1. The zero-order valence-electron chi connectivity index (χ0n) is 12.8. The summed E-state index contributed by atoms with van der Waals surface area (Å²) < 4.78 is 0. The Bertz CT molecular complexity index is 849. The molecule has 3 aromatic rings. The number of fused-ring (bicyclic) bond motifs is 1. The van der Waals surface area contributed by atoms with Crippen LogP contribution in [0.4, 0.5) is 0 Å². The van der Waals surface area contributed by atoms with Crippen molar-refractivity contribution < 1.29 is 5.11 Å². The predicted molar refractivity (Wildman–Crippen MR) is 94.3 cm³/mol. The molecule has 0 spiro atoms. The average molecular weight is 298 g/mol. The van der Waals surface area contributed by atoms with E-state index in [-0.39, 0.29) is 5.92 Å². The minimum absolute atomic E-state index is 0.209. The van der Waals surface area contributed by atoms with Gasteiger partial charge in [-0.25, -0.2) is 0 Å². The molecule has 0 bridgehead atoms. The van der Waals surface area contributed by atoms with Gasteiger partial charge >= 0.3 is 0 Å². The molecular formula is C22H18O. The van der Waals surface area contributed by atoms with E-state index in [4.69, 9.17) is 0 Å². The molecule has 1 nitrogen and oxygen atoms in total. The number of hydrogen-bond donors (Lipinski definition) is 1. The Morgan fingerprint density at radius 2 is 1.35 bits per heavy atom. The van der Waals surface area contributed by atoms with Gasteiger partial charge in [0.25, 0.3) is 0 Å². The van der Waals surface area contributed by atoms with E-state index in [1.807, 2.05) is 48.5 Å². The topological polar surface area (TPSA) is 20.2 Å². The zero-order chi connectivity index (χ0) is 15.6. The summed E-state index contributed by atoms with van der Waals surface area (Å²) in [5.74, 6) is 0.209. The third-order valence-electron chi connectivity index (χ3n) is 4.54. The molecular weight excluding hydrogens is 280 g/mol. The van der Waals surface area contributed by atoms with E-state index < -0.39 is 6.10 Å². The second kappa shape index (κ2) is 5.86. The summed E-state index contributed by atoms with van der Waals surface area (Å²) >= 11 is 0. The van der Waals surface area contributed by atoms with E-state index in [1.165, 1.54) is 16.7 Å². The van der Waals surface area contributed by atoms with Gasteiger partial charge in [-0.2, -0.15) is 0 Å². The standard InChI is InChI=1S/C22H18O/c23-22(17-9-2-1-3-10-17)21-13-7-6-12-19(21)20-15-14-16-8-4-5-11-18(16)20/h1-15,20,22-23H. The number of benzene rings is 3. The van der Waals surface area contributed by atoms with Crippen LogP contribution in [0.3, 0.4) is 0 Å². The normalized spacial score (nSPS) is 17.0. The molecule has 0 radical (unpaired) electrons. The van der Waals surface area contributed by atoms with Gasteiger partial charge in [0.15, 0.2) is 0 Å². The van der Waals surface area contributed by atoms with Crippen LogP contribution >= 0.6 is 0 Å². The van der Waals surface area contributed by atoms with Crippen LogP contribution in [0.5, 0.6) is 0 Å². The maximum Gasteiger partial charge on any atom is 0.104 e. The van der Waals surface area contributed by atoms with Gasteiger partial charge in [-0.15, -0.1) is 0 Å². The van der Waals surface area contributed by atoms with E-state index in [0.717, 1.165) is 11.1 Å². The van der Waals surface area contributed by atoms with Crippen molar-refractivity contribution in [2.45, 2.75) is 12.0 Å². The SMILES string of the molecule is OC(c1ccccc1)c1ccccc1C1C=Cc2ccccc21. The maximum absolute atomic E-state index is 10.9. The van der Waals surface area contributed by atoms with Crippen molar-refractivity contribution in [1.82, 2.24) is 0 Å². The summed E-state index contributed by atoms with van der Waals surface area (Å²) in [6.07, 6.45) is 3.79. The first-order chi connectivity index (χ1) is 11.3. The smallest absolute Gasteiger partial charge is 0.104 e. The maximum atomic E-state index is 10.9. The molecule has 2 unspecified atom stereocenters. The fraction of sp³-hybridized carbons (Fsp3) is 0.0909. The third kappa shape index (κ3) is 2.49. The van der Waals surface area contributed by atoms with Crippen molar-refractivity contribution in [2.75, 3.05) is 0 Å². The molecule has 0 amide bonds. The number of rotatable bonds is 3. The van der Waals surface area contributed by atoms with Crippen LogP contribution in [0.15, 0.2) is 84.9 Å². The second-order valence-electron chi connectivity index (χ2n) is 5.91. The fourth-order valence-electron chi connectivity index (χ4n) is 3.38. The van der Waals surface area contributed by atoms with E-state index >= 15 is 0 Å². The van der Waals surface area contributed by atoms with Gasteiger partial charge in [0, 0.05) is 5.92 Å². The predicted octanol–water partition coefficient (Wildman–Crippen LogP) is 4.93. The second-order valence-corrected chi connectivity index (χ2v) is 5.91. The lowest BCUT2D eigenvalue weighted by Crippen LogP contribution is -2.07. The lowest BCUT2D eigenvalue weighted by Gasteiger charge is -2.20. The van der Waals surface area contributed by atoms with Crippen molar-refractivity contribution in [3.05, 3.63) is 113 Å². The van der Waals surface area contributed by atoms with Crippen LogP contribution in [0.2, 0.25) is 0 Å². The quantitative estimate of drug-likeness (QED) is 0.727. The molecule has 2 atom stereocenters. The Hall–Kier alpha value is -2.64. The highest BCUT2D eigenvalue weighted by Crippen LogP contribution is 2.39. The molecule has 0 fully saturated rings. The average Bonchev–Trinajstić information content (AvgIpc) is 3.06. The van der Waals surface area contributed by atoms with Gasteiger partial charge in [0.2, 0.25) is 0 Å². The largest absolute Gasteiger partial charge is 0.384 e. The first-order valence-electron chi connectivity index (χ1n) is 7.93. The number of hydrogen-bond acceptors (Lipinski definition) is 1. The molecule has 1 heteroatoms. The van der Waals surface area contributed by atoms with Gasteiger partial charge in [0.1, 0.15) is 6.10 Å². The molecule has 0 aromatic heterocycles. The van der Waals surface area contributed by atoms with E-state index in [2.05, 4.69) is 42.5 Å². The minimum atomic E-state index is -0.603. The van der Waals surface area contributed by atoms with Crippen LogP contribution in [0.25, 0.3) is 6.08 Å². The highest BCUT2D eigenvalue weighted by Gasteiger charge is 2.23. The van der Waals surface area contributed by atoms with E-state index in [0.29, 0.717) is 0 Å². The molecule has 1 N–H and O–H groups in total. The lowest BCUT2D eigenvalue weighted by molar-refractivity contribution is 0.219. The highest BCUT2D eigenvalue weighted by molar-refractivity contribution is 5.66. The third-order valence-corrected chi connectivity index (χ3v) is 4.54. The number of aliphatic hydroxyl groups excluding tert-OH is 1. The Morgan fingerprint density at radius 1 is 0.696 bits per heavy atom. The molecule has 0 saturated carbocycles. The lowest BCUT2D eigenvalue weighted by atomic mass is 9.86. The summed E-state index contributed by atoms with van der Waals surface area (Å²) in [4.78, 5) is 0. The van der Waals surface area contributed by atoms with Crippen molar-refractivity contribution in [3.8, 4) is 0 Å². The molecule has 3 aromatic carbocycles. The fourth-order valence-corrected chi connectivity index (χ4v) is 3.38. The first kappa shape index (κ1) is 14.0. The molecule has 1 aliphatic carbocycles. The Kier molecular flexibility index (Phi) is 3.57. The van der Waals surface area contributed by atoms with Crippen LogP contribution in [-0.4, -0.2) is 5.11 Å². The molecule has 23 heavy (non-hydrogen) atoms. The zero-order valence-corrected chi connectivity index (χ0v) is 12.8. The monoisotopic (exact) mass is 298 g/mol. The van der Waals surface area contributed by atoms with Crippen molar-refractivity contribution in [1.29, 1.82) is 0 Å². The van der Waals surface area contributed by atoms with Crippen molar-refractivity contribution >= 4 is 6.08 Å². The van der Waals surface area contributed by atoms with Gasteiger partial charge in [0.05, 0.1) is 0 Å². The van der Waals surface area contributed by atoms with Crippen molar-refractivity contribution in [3.63, 3.8) is 0 Å². The summed E-state index contributed by atoms with van der Waals surface area (Å²) in [5.41, 5.74) is 5.65. The summed E-state index contributed by atoms with van der Waals surface area (Å²) in [6, 6.07) is 26.5. The van der Waals surface area contributed by atoms with Gasteiger partial charge in [-0.1, -0.05) is 91.0 Å². The van der Waals surface area contributed by atoms with Crippen LogP contribution in [0, 0.1) is 0 Å². The van der Waals surface area contributed by atoms with Gasteiger partial charge in [-0.05, 0) is 27.8 Å². The summed E-state index contributed by atoms with van der Waals surface area (Å²) in [5, 5.41) is 10.9. The summed E-state index contributed by atoms with van der Waals surface area (Å²) in [6.45, 7) is 0. The molecule has 0 heterocycles. The molecule has 4 rings (SSSR count).